The van der Waals surface area contributed by atoms with Gasteiger partial charge in [-0.2, -0.15) is 0 Å². The van der Waals surface area contributed by atoms with Crippen LogP contribution in [-0.2, 0) is 23.0 Å². The van der Waals surface area contributed by atoms with Crippen molar-refractivity contribution in [2.75, 3.05) is 6.61 Å². The Morgan fingerprint density at radius 2 is 1.89 bits per heavy atom. The molecule has 0 amide bonds. The maximum absolute atomic E-state index is 12.3. The van der Waals surface area contributed by atoms with Crippen LogP contribution in [0, 0.1) is 0 Å². The second kappa shape index (κ2) is 7.79. The molecule has 6 nitrogen and oxygen atoms in total. The van der Waals surface area contributed by atoms with Gasteiger partial charge in [0.2, 0.25) is 10.0 Å². The summed E-state index contributed by atoms with van der Waals surface area (Å²) in [5, 5.41) is 0. The molecule has 7 heteroatoms. The Morgan fingerprint density at radius 1 is 1.07 bits per heavy atom. The summed E-state index contributed by atoms with van der Waals surface area (Å²) >= 11 is 0. The van der Waals surface area contributed by atoms with Gasteiger partial charge >= 0.3 is 0 Å². The maximum atomic E-state index is 12.3. The smallest absolute Gasteiger partial charge is 0.244 e. The van der Waals surface area contributed by atoms with Crippen LogP contribution in [0.1, 0.15) is 22.6 Å². The molecule has 0 fully saturated rings. The van der Waals surface area contributed by atoms with Crippen LogP contribution in [-0.4, -0.2) is 21.1 Å². The monoisotopic (exact) mass is 398 g/mol. The zero-order valence-electron chi connectivity index (χ0n) is 15.2. The van der Waals surface area contributed by atoms with Crippen molar-refractivity contribution < 1.29 is 17.6 Å². The number of nitrogens with two attached hydrogens (primary N) is 1. The van der Waals surface area contributed by atoms with Crippen LogP contribution < -0.4 is 15.2 Å². The molecule has 28 heavy (non-hydrogen) atoms. The van der Waals surface area contributed by atoms with Gasteiger partial charge < -0.3 is 14.9 Å². The predicted molar refractivity (Wildman–Crippen MR) is 106 cm³/mol. The fraction of sp³-hybridized carbons (Fsp3) is 0.238. The molecule has 4 rings (SSSR count). The molecule has 2 aromatic carbocycles. The van der Waals surface area contributed by atoms with Crippen molar-refractivity contribution in [3.05, 3.63) is 83.8 Å². The highest BCUT2D eigenvalue weighted by molar-refractivity contribution is 7.89. The summed E-state index contributed by atoms with van der Waals surface area (Å²) < 4.78 is 37.8. The second-order valence-corrected chi connectivity index (χ2v) is 8.69. The average molecular weight is 398 g/mol. The molecule has 0 saturated carbocycles. The van der Waals surface area contributed by atoms with Crippen molar-refractivity contribution in [2.24, 2.45) is 5.73 Å². The lowest BCUT2D eigenvalue weighted by molar-refractivity contribution is 0.238. The number of hydrogen-bond acceptors (Lipinski definition) is 5. The van der Waals surface area contributed by atoms with Crippen molar-refractivity contribution in [2.45, 2.75) is 29.8 Å². The lowest BCUT2D eigenvalue weighted by Crippen LogP contribution is -2.39. The minimum atomic E-state index is -3.61. The third-order valence-electron chi connectivity index (χ3n) is 4.99. The molecule has 0 spiro atoms. The van der Waals surface area contributed by atoms with E-state index in [1.807, 2.05) is 36.4 Å². The number of hydrogen-bond donors (Lipinski definition) is 2. The van der Waals surface area contributed by atoms with E-state index in [9.17, 15) is 8.42 Å². The van der Waals surface area contributed by atoms with E-state index in [1.165, 1.54) is 24.2 Å². The number of sulfonamides is 1. The summed E-state index contributed by atoms with van der Waals surface area (Å²) in [7, 11) is -3.61. The molecule has 2 unspecified atom stereocenters. The molecule has 2 atom stereocenters. The van der Waals surface area contributed by atoms with E-state index in [-0.39, 0.29) is 23.4 Å². The molecule has 1 aromatic heterocycles. The number of benzene rings is 2. The SMILES string of the molecule is NC1COc2ccc(CNS(=O)(=O)c3ccoc3)cc2C1Cc1ccccc1. The zero-order chi connectivity index (χ0) is 19.6. The molecule has 0 radical (unpaired) electrons. The van der Waals surface area contributed by atoms with Gasteiger partial charge in [0.15, 0.2) is 0 Å². The number of ether oxygens (including phenoxy) is 1. The zero-order valence-corrected chi connectivity index (χ0v) is 16.1. The van der Waals surface area contributed by atoms with Crippen LogP contribution >= 0.6 is 0 Å². The van der Waals surface area contributed by atoms with Gasteiger partial charge in [-0.05, 0) is 35.2 Å². The molecule has 1 aliphatic heterocycles. The molecule has 1 aliphatic rings. The highest BCUT2D eigenvalue weighted by atomic mass is 32.2. The normalized spacial score (nSPS) is 19.0. The van der Waals surface area contributed by atoms with E-state index in [4.69, 9.17) is 14.9 Å². The summed E-state index contributed by atoms with van der Waals surface area (Å²) in [6, 6.07) is 17.2. The Kier molecular flexibility index (Phi) is 5.21. The Labute approximate surface area is 164 Å². The second-order valence-electron chi connectivity index (χ2n) is 6.93. The summed E-state index contributed by atoms with van der Waals surface area (Å²) in [6.07, 6.45) is 3.35. The lowest BCUT2D eigenvalue weighted by Gasteiger charge is -2.32. The van der Waals surface area contributed by atoms with Crippen LogP contribution in [0.2, 0.25) is 0 Å². The third-order valence-corrected chi connectivity index (χ3v) is 6.37. The average Bonchev–Trinajstić information content (AvgIpc) is 3.25. The highest BCUT2D eigenvalue weighted by Gasteiger charge is 2.29. The first-order chi connectivity index (χ1) is 13.5. The van der Waals surface area contributed by atoms with Crippen LogP contribution in [0.5, 0.6) is 5.75 Å². The Balaban J connectivity index is 1.56. The summed E-state index contributed by atoms with van der Waals surface area (Å²) in [5.74, 6) is 0.917. The fourth-order valence-corrected chi connectivity index (χ4v) is 4.40. The Morgan fingerprint density at radius 3 is 2.64 bits per heavy atom. The van der Waals surface area contributed by atoms with Gasteiger partial charge in [-0.3, -0.25) is 0 Å². The first-order valence-electron chi connectivity index (χ1n) is 9.10. The van der Waals surface area contributed by atoms with Crippen LogP contribution in [0.25, 0.3) is 0 Å². The van der Waals surface area contributed by atoms with Crippen molar-refractivity contribution in [3.8, 4) is 5.75 Å². The van der Waals surface area contributed by atoms with Gasteiger partial charge in [-0.15, -0.1) is 0 Å². The fourth-order valence-electron chi connectivity index (χ4n) is 3.46. The number of nitrogens with one attached hydrogen (secondary N) is 1. The maximum Gasteiger partial charge on any atom is 0.244 e. The minimum Gasteiger partial charge on any atom is -0.492 e. The number of furan rings is 1. The van der Waals surface area contributed by atoms with E-state index >= 15 is 0 Å². The number of rotatable bonds is 6. The molecule has 0 aliphatic carbocycles. The number of fused-ring (bicyclic) bond motifs is 1. The van der Waals surface area contributed by atoms with Crippen LogP contribution in [0.15, 0.2) is 76.4 Å². The third kappa shape index (κ3) is 3.96. The first-order valence-corrected chi connectivity index (χ1v) is 10.6. The van der Waals surface area contributed by atoms with E-state index in [2.05, 4.69) is 16.9 Å². The van der Waals surface area contributed by atoms with Gasteiger partial charge in [0.05, 0.1) is 6.26 Å². The van der Waals surface area contributed by atoms with Crippen LogP contribution in [0.3, 0.4) is 0 Å². The standard InChI is InChI=1S/C21H22N2O4S/c22-20-14-27-21-7-6-16(12-23-28(24,25)17-8-9-26-13-17)11-19(21)18(20)10-15-4-2-1-3-5-15/h1-9,11,13,18,20,23H,10,12,14,22H2. The molecule has 146 valence electrons. The van der Waals surface area contributed by atoms with Crippen molar-refractivity contribution in [3.63, 3.8) is 0 Å². The van der Waals surface area contributed by atoms with E-state index in [1.54, 1.807) is 0 Å². The van der Waals surface area contributed by atoms with Gasteiger partial charge in [-0.1, -0.05) is 42.5 Å². The summed E-state index contributed by atoms with van der Waals surface area (Å²) in [6.45, 7) is 0.644. The molecule has 3 aromatic rings. The molecule has 2 heterocycles. The van der Waals surface area contributed by atoms with Crippen molar-refractivity contribution in [1.29, 1.82) is 0 Å². The van der Waals surface area contributed by atoms with Crippen molar-refractivity contribution >= 4 is 10.0 Å². The molecule has 0 bridgehead atoms. The lowest BCUT2D eigenvalue weighted by atomic mass is 9.84. The largest absolute Gasteiger partial charge is 0.492 e. The topological polar surface area (TPSA) is 94.6 Å². The predicted octanol–water partition coefficient (Wildman–Crippen LogP) is 2.80. The van der Waals surface area contributed by atoms with Gasteiger partial charge in [0.25, 0.3) is 0 Å². The van der Waals surface area contributed by atoms with E-state index in [0.29, 0.717) is 6.61 Å². The Hall–Kier alpha value is -2.61. The summed E-state index contributed by atoms with van der Waals surface area (Å²) in [4.78, 5) is 0.109. The van der Waals surface area contributed by atoms with Gasteiger partial charge in [0, 0.05) is 18.5 Å². The minimum absolute atomic E-state index is 0.108. The highest BCUT2D eigenvalue weighted by Crippen LogP contribution is 2.36. The summed E-state index contributed by atoms with van der Waals surface area (Å²) in [5.41, 5.74) is 9.43. The Bertz CT molecular complexity index is 1030. The van der Waals surface area contributed by atoms with Crippen molar-refractivity contribution in [1.82, 2.24) is 4.72 Å². The molecule has 3 N–H and O–H groups in total. The van der Waals surface area contributed by atoms with Gasteiger partial charge in [-0.25, -0.2) is 13.1 Å². The molecule has 0 saturated heterocycles. The quantitative estimate of drug-likeness (QED) is 0.666. The molecular formula is C21H22N2O4S. The molecular weight excluding hydrogens is 376 g/mol. The van der Waals surface area contributed by atoms with E-state index in [0.717, 1.165) is 23.3 Å². The van der Waals surface area contributed by atoms with Crippen LogP contribution in [0.4, 0.5) is 0 Å². The first kappa shape index (κ1) is 18.7. The van der Waals surface area contributed by atoms with Gasteiger partial charge in [0.1, 0.15) is 23.5 Å². The van der Waals surface area contributed by atoms with E-state index < -0.39 is 10.0 Å².